The predicted molar refractivity (Wildman–Crippen MR) is 60.2 cm³/mol. The fourth-order valence-electron chi connectivity index (χ4n) is 1.18. The molecule has 0 amide bonds. The Hall–Kier alpha value is -1.69. The molecule has 0 aliphatic rings. The van der Waals surface area contributed by atoms with Gasteiger partial charge in [-0.15, -0.1) is 0 Å². The SMILES string of the molecule is C/C=C/CS(=O)(=O)c1ccc(F)c(C(=O)O)c1. The first-order valence-electron chi connectivity index (χ1n) is 4.75. The van der Waals surface area contributed by atoms with Gasteiger partial charge in [-0.05, 0) is 25.1 Å². The third-order valence-electron chi connectivity index (χ3n) is 2.08. The molecule has 17 heavy (non-hydrogen) atoms. The number of benzene rings is 1. The largest absolute Gasteiger partial charge is 0.478 e. The Labute approximate surface area is 98.3 Å². The molecule has 4 nitrogen and oxygen atoms in total. The minimum absolute atomic E-state index is 0.200. The topological polar surface area (TPSA) is 71.4 Å². The van der Waals surface area contributed by atoms with Gasteiger partial charge in [0, 0.05) is 0 Å². The van der Waals surface area contributed by atoms with Crippen molar-refractivity contribution in [3.63, 3.8) is 0 Å². The highest BCUT2D eigenvalue weighted by atomic mass is 32.2. The van der Waals surface area contributed by atoms with Crippen LogP contribution < -0.4 is 0 Å². The Morgan fingerprint density at radius 2 is 2.12 bits per heavy atom. The Morgan fingerprint density at radius 1 is 1.47 bits per heavy atom. The molecular formula is C11H11FO4S. The first-order valence-corrected chi connectivity index (χ1v) is 6.40. The van der Waals surface area contributed by atoms with E-state index in [0.29, 0.717) is 0 Å². The van der Waals surface area contributed by atoms with E-state index >= 15 is 0 Å². The van der Waals surface area contributed by atoms with Gasteiger partial charge in [0.05, 0.1) is 16.2 Å². The molecule has 1 rings (SSSR count). The van der Waals surface area contributed by atoms with Crippen LogP contribution in [0.25, 0.3) is 0 Å². The van der Waals surface area contributed by atoms with Crippen LogP contribution in [0.15, 0.2) is 35.2 Å². The molecule has 0 heterocycles. The zero-order valence-corrected chi connectivity index (χ0v) is 9.87. The summed E-state index contributed by atoms with van der Waals surface area (Å²) in [5.41, 5.74) is -0.647. The predicted octanol–water partition coefficient (Wildman–Crippen LogP) is 1.87. The first-order chi connectivity index (χ1) is 7.88. The van der Waals surface area contributed by atoms with Crippen LogP contribution in [-0.4, -0.2) is 25.2 Å². The lowest BCUT2D eigenvalue weighted by molar-refractivity contribution is 0.0691. The molecule has 0 saturated carbocycles. The summed E-state index contributed by atoms with van der Waals surface area (Å²) in [6.45, 7) is 1.67. The van der Waals surface area contributed by atoms with Crippen molar-refractivity contribution in [3.8, 4) is 0 Å². The molecule has 6 heteroatoms. The quantitative estimate of drug-likeness (QED) is 0.661. The van der Waals surface area contributed by atoms with Crippen LogP contribution in [0.4, 0.5) is 4.39 Å². The maximum Gasteiger partial charge on any atom is 0.338 e. The Bertz CT molecular complexity index is 561. The molecule has 0 aliphatic heterocycles. The minimum Gasteiger partial charge on any atom is -0.478 e. The van der Waals surface area contributed by atoms with Crippen molar-refractivity contribution in [2.75, 3.05) is 5.75 Å². The van der Waals surface area contributed by atoms with E-state index < -0.39 is 27.2 Å². The monoisotopic (exact) mass is 258 g/mol. The first kappa shape index (κ1) is 13.4. The highest BCUT2D eigenvalue weighted by Crippen LogP contribution is 2.16. The molecule has 1 N–H and O–H groups in total. The van der Waals surface area contributed by atoms with Gasteiger partial charge in [0.2, 0.25) is 0 Å². The van der Waals surface area contributed by atoms with Gasteiger partial charge >= 0.3 is 5.97 Å². The van der Waals surface area contributed by atoms with Gasteiger partial charge in [0.1, 0.15) is 5.82 Å². The van der Waals surface area contributed by atoms with Crippen molar-refractivity contribution in [1.82, 2.24) is 0 Å². The molecule has 1 aromatic carbocycles. The summed E-state index contributed by atoms with van der Waals surface area (Å²) in [7, 11) is -3.61. The molecule has 1 aromatic rings. The molecule has 0 aromatic heterocycles. The van der Waals surface area contributed by atoms with Crippen LogP contribution in [-0.2, 0) is 9.84 Å². The maximum absolute atomic E-state index is 13.1. The van der Waals surface area contributed by atoms with Crippen LogP contribution in [0.2, 0.25) is 0 Å². The number of carboxylic acids is 1. The highest BCUT2D eigenvalue weighted by Gasteiger charge is 2.17. The summed E-state index contributed by atoms with van der Waals surface area (Å²) in [6, 6.07) is 2.73. The zero-order chi connectivity index (χ0) is 13.1. The van der Waals surface area contributed by atoms with Gasteiger partial charge in [-0.25, -0.2) is 17.6 Å². The van der Waals surface area contributed by atoms with Gasteiger partial charge in [0.25, 0.3) is 0 Å². The second-order valence-corrected chi connectivity index (χ2v) is 5.33. The molecule has 0 saturated heterocycles. The summed E-state index contributed by atoms with van der Waals surface area (Å²) >= 11 is 0. The van der Waals surface area contributed by atoms with E-state index in [2.05, 4.69) is 0 Å². The normalized spacial score (nSPS) is 11.9. The van der Waals surface area contributed by atoms with E-state index in [1.54, 1.807) is 13.0 Å². The maximum atomic E-state index is 13.1. The van der Waals surface area contributed by atoms with Crippen LogP contribution in [0.1, 0.15) is 17.3 Å². The third kappa shape index (κ3) is 3.13. The van der Waals surface area contributed by atoms with Crippen LogP contribution >= 0.6 is 0 Å². The summed E-state index contributed by atoms with van der Waals surface area (Å²) in [5.74, 6) is -2.69. The molecular weight excluding hydrogens is 247 g/mol. The van der Waals surface area contributed by atoms with Gasteiger partial charge < -0.3 is 5.11 Å². The fourth-order valence-corrected chi connectivity index (χ4v) is 2.39. The second kappa shape index (κ2) is 5.09. The second-order valence-electron chi connectivity index (χ2n) is 3.30. The third-order valence-corrected chi connectivity index (χ3v) is 3.68. The lowest BCUT2D eigenvalue weighted by Crippen LogP contribution is -2.08. The molecule has 0 unspecified atom stereocenters. The van der Waals surface area contributed by atoms with Crippen molar-refractivity contribution >= 4 is 15.8 Å². The Morgan fingerprint density at radius 3 is 2.65 bits per heavy atom. The van der Waals surface area contributed by atoms with Crippen LogP contribution in [0.5, 0.6) is 0 Å². The number of rotatable bonds is 4. The van der Waals surface area contributed by atoms with Gasteiger partial charge in [-0.3, -0.25) is 0 Å². The van der Waals surface area contributed by atoms with E-state index in [1.807, 2.05) is 0 Å². The molecule has 0 aliphatic carbocycles. The van der Waals surface area contributed by atoms with Crippen molar-refractivity contribution < 1.29 is 22.7 Å². The number of hydrogen-bond acceptors (Lipinski definition) is 3. The lowest BCUT2D eigenvalue weighted by atomic mass is 10.2. The minimum atomic E-state index is -3.61. The number of sulfone groups is 1. The smallest absolute Gasteiger partial charge is 0.338 e. The Balaban J connectivity index is 3.25. The van der Waals surface area contributed by atoms with E-state index in [-0.39, 0.29) is 10.6 Å². The van der Waals surface area contributed by atoms with E-state index in [4.69, 9.17) is 5.11 Å². The average molecular weight is 258 g/mol. The standard InChI is InChI=1S/C11H11FO4S/c1-2-3-6-17(15,16)8-4-5-10(12)9(7-8)11(13)14/h2-5,7H,6H2,1H3,(H,13,14)/b3-2+. The number of carbonyl (C=O) groups is 1. The van der Waals surface area contributed by atoms with Crippen molar-refractivity contribution in [3.05, 3.63) is 41.7 Å². The molecule has 0 spiro atoms. The van der Waals surface area contributed by atoms with E-state index in [0.717, 1.165) is 18.2 Å². The van der Waals surface area contributed by atoms with Gasteiger partial charge in [-0.2, -0.15) is 0 Å². The van der Waals surface area contributed by atoms with E-state index in [1.165, 1.54) is 6.08 Å². The Kier molecular flexibility index (Phi) is 4.01. The van der Waals surface area contributed by atoms with Crippen molar-refractivity contribution in [2.45, 2.75) is 11.8 Å². The van der Waals surface area contributed by atoms with E-state index in [9.17, 15) is 17.6 Å². The number of aromatic carboxylic acids is 1. The molecule has 0 fully saturated rings. The van der Waals surface area contributed by atoms with Crippen LogP contribution in [0.3, 0.4) is 0 Å². The number of carboxylic acid groups (broad SMARTS) is 1. The zero-order valence-electron chi connectivity index (χ0n) is 9.05. The van der Waals surface area contributed by atoms with Crippen molar-refractivity contribution in [2.24, 2.45) is 0 Å². The fraction of sp³-hybridized carbons (Fsp3) is 0.182. The van der Waals surface area contributed by atoms with Crippen LogP contribution in [0, 0.1) is 5.82 Å². The molecule has 92 valence electrons. The summed E-state index contributed by atoms with van der Waals surface area (Å²) in [5, 5.41) is 8.68. The summed E-state index contributed by atoms with van der Waals surface area (Å²) in [6.07, 6.45) is 3.00. The summed E-state index contributed by atoms with van der Waals surface area (Å²) in [4.78, 5) is 10.5. The molecule has 0 atom stereocenters. The number of allylic oxidation sites excluding steroid dienone is 1. The molecule has 0 radical (unpaired) electrons. The average Bonchev–Trinajstić information content (AvgIpc) is 2.26. The van der Waals surface area contributed by atoms with Crippen molar-refractivity contribution in [1.29, 1.82) is 0 Å². The van der Waals surface area contributed by atoms with Gasteiger partial charge in [-0.1, -0.05) is 12.2 Å². The number of halogens is 1. The number of hydrogen-bond donors (Lipinski definition) is 1. The summed E-state index contributed by atoms with van der Waals surface area (Å²) < 4.78 is 36.5. The highest BCUT2D eigenvalue weighted by molar-refractivity contribution is 7.91. The molecule has 0 bridgehead atoms. The van der Waals surface area contributed by atoms with Gasteiger partial charge in [0.15, 0.2) is 9.84 Å². The lowest BCUT2D eigenvalue weighted by Gasteiger charge is -2.03.